The minimum Gasteiger partial charge on any atom is -0.367 e. The molecule has 114 valence electrons. The fraction of sp³-hybridized carbons (Fsp3) is 0.562. The SMILES string of the molecule is CC(N)(C(=O)N1CCN(c2ccccc2Cl)CC1)C1CC1. The first kappa shape index (κ1) is 14.7. The normalized spacial score (nSPS) is 22.0. The van der Waals surface area contributed by atoms with Crippen LogP contribution < -0.4 is 10.6 Å². The number of hydrogen-bond donors (Lipinski definition) is 1. The number of benzene rings is 1. The number of nitrogens with zero attached hydrogens (tertiary/aromatic N) is 2. The zero-order valence-electron chi connectivity index (χ0n) is 12.4. The van der Waals surface area contributed by atoms with Crippen molar-refractivity contribution >= 4 is 23.2 Å². The first-order chi connectivity index (χ1) is 10.00. The molecule has 1 aliphatic heterocycles. The molecular formula is C16H22ClN3O. The zero-order valence-corrected chi connectivity index (χ0v) is 13.1. The maximum Gasteiger partial charge on any atom is 0.242 e. The summed E-state index contributed by atoms with van der Waals surface area (Å²) >= 11 is 6.24. The second-order valence-corrected chi connectivity index (χ2v) is 6.69. The molecular weight excluding hydrogens is 286 g/mol. The van der Waals surface area contributed by atoms with Crippen molar-refractivity contribution in [3.63, 3.8) is 0 Å². The largest absolute Gasteiger partial charge is 0.367 e. The summed E-state index contributed by atoms with van der Waals surface area (Å²) in [6.45, 7) is 4.91. The Labute approximate surface area is 130 Å². The van der Waals surface area contributed by atoms with Crippen LogP contribution in [0.15, 0.2) is 24.3 Å². The van der Waals surface area contributed by atoms with Gasteiger partial charge in [-0.05, 0) is 37.8 Å². The molecule has 3 rings (SSSR count). The molecule has 0 spiro atoms. The molecule has 2 fully saturated rings. The molecule has 1 aromatic carbocycles. The molecule has 1 amide bonds. The minimum absolute atomic E-state index is 0.101. The highest BCUT2D eigenvalue weighted by Crippen LogP contribution is 2.39. The van der Waals surface area contributed by atoms with Crippen molar-refractivity contribution < 1.29 is 4.79 Å². The summed E-state index contributed by atoms with van der Waals surface area (Å²) in [7, 11) is 0. The Morgan fingerprint density at radius 2 is 1.86 bits per heavy atom. The summed E-state index contributed by atoms with van der Waals surface area (Å²) in [4.78, 5) is 16.7. The van der Waals surface area contributed by atoms with Crippen LogP contribution in [0, 0.1) is 5.92 Å². The number of para-hydroxylation sites is 1. The van der Waals surface area contributed by atoms with Crippen LogP contribution in [0.1, 0.15) is 19.8 Å². The van der Waals surface area contributed by atoms with Gasteiger partial charge < -0.3 is 15.5 Å². The van der Waals surface area contributed by atoms with E-state index >= 15 is 0 Å². The Balaban J connectivity index is 1.63. The Morgan fingerprint density at radius 1 is 1.24 bits per heavy atom. The monoisotopic (exact) mass is 307 g/mol. The van der Waals surface area contributed by atoms with Crippen LogP contribution >= 0.6 is 11.6 Å². The number of halogens is 1. The molecule has 0 aromatic heterocycles. The second-order valence-electron chi connectivity index (χ2n) is 6.29. The van der Waals surface area contributed by atoms with Crippen molar-refractivity contribution in [1.82, 2.24) is 4.90 Å². The third kappa shape index (κ3) is 2.87. The van der Waals surface area contributed by atoms with Crippen LogP contribution in [0.5, 0.6) is 0 Å². The Hall–Kier alpha value is -1.26. The topological polar surface area (TPSA) is 49.6 Å². The summed E-state index contributed by atoms with van der Waals surface area (Å²) in [5.74, 6) is 0.468. The zero-order chi connectivity index (χ0) is 15.0. The average Bonchev–Trinajstić information content (AvgIpc) is 3.32. The summed E-state index contributed by atoms with van der Waals surface area (Å²) < 4.78 is 0. The lowest BCUT2D eigenvalue weighted by molar-refractivity contribution is -0.137. The van der Waals surface area contributed by atoms with Gasteiger partial charge in [0.1, 0.15) is 0 Å². The predicted molar refractivity (Wildman–Crippen MR) is 85.6 cm³/mol. The number of carbonyl (C=O) groups excluding carboxylic acids is 1. The molecule has 1 saturated carbocycles. The van der Waals surface area contributed by atoms with Crippen molar-refractivity contribution in [2.75, 3.05) is 31.1 Å². The fourth-order valence-corrected chi connectivity index (χ4v) is 3.31. The molecule has 1 saturated heterocycles. The van der Waals surface area contributed by atoms with Gasteiger partial charge >= 0.3 is 0 Å². The van der Waals surface area contributed by atoms with E-state index in [4.69, 9.17) is 17.3 Å². The van der Waals surface area contributed by atoms with Gasteiger partial charge in [-0.3, -0.25) is 4.79 Å². The van der Waals surface area contributed by atoms with E-state index in [0.29, 0.717) is 19.0 Å². The van der Waals surface area contributed by atoms with Gasteiger partial charge in [0, 0.05) is 26.2 Å². The average molecular weight is 308 g/mol. The molecule has 2 aliphatic rings. The molecule has 1 aromatic rings. The predicted octanol–water partition coefficient (Wildman–Crippen LogP) is 2.12. The lowest BCUT2D eigenvalue weighted by Gasteiger charge is -2.39. The standard InChI is InChI=1S/C16H22ClN3O/c1-16(18,12-6-7-12)15(21)20-10-8-19(9-11-20)14-5-3-2-4-13(14)17/h2-5,12H,6-11,18H2,1H3. The van der Waals surface area contributed by atoms with Crippen LogP contribution in [0.4, 0.5) is 5.69 Å². The third-order valence-electron chi connectivity index (χ3n) is 4.65. The lowest BCUT2D eigenvalue weighted by atomic mass is 9.95. The van der Waals surface area contributed by atoms with Gasteiger partial charge in [-0.25, -0.2) is 0 Å². The van der Waals surface area contributed by atoms with E-state index in [2.05, 4.69) is 4.90 Å². The first-order valence-corrected chi connectivity index (χ1v) is 7.95. The number of piperazine rings is 1. The number of hydrogen-bond acceptors (Lipinski definition) is 3. The van der Waals surface area contributed by atoms with E-state index in [1.807, 2.05) is 36.1 Å². The number of rotatable bonds is 3. The van der Waals surface area contributed by atoms with Crippen LogP contribution in [-0.4, -0.2) is 42.5 Å². The number of amides is 1. The molecule has 0 radical (unpaired) electrons. The van der Waals surface area contributed by atoms with E-state index in [1.165, 1.54) is 0 Å². The molecule has 4 nitrogen and oxygen atoms in total. The molecule has 1 heterocycles. The Bertz CT molecular complexity index is 534. The molecule has 0 bridgehead atoms. The Morgan fingerprint density at radius 3 is 2.43 bits per heavy atom. The fourth-order valence-electron chi connectivity index (χ4n) is 3.06. The highest BCUT2D eigenvalue weighted by molar-refractivity contribution is 6.33. The van der Waals surface area contributed by atoms with E-state index in [1.54, 1.807) is 0 Å². The van der Waals surface area contributed by atoms with Crippen LogP contribution in [0.3, 0.4) is 0 Å². The van der Waals surface area contributed by atoms with Gasteiger partial charge in [-0.1, -0.05) is 23.7 Å². The maximum atomic E-state index is 12.6. The van der Waals surface area contributed by atoms with Gasteiger partial charge in [0.2, 0.25) is 5.91 Å². The first-order valence-electron chi connectivity index (χ1n) is 7.58. The quantitative estimate of drug-likeness (QED) is 0.930. The summed E-state index contributed by atoms with van der Waals surface area (Å²) in [6.07, 6.45) is 2.16. The third-order valence-corrected chi connectivity index (χ3v) is 4.97. The van der Waals surface area contributed by atoms with Crippen LogP contribution in [0.25, 0.3) is 0 Å². The molecule has 21 heavy (non-hydrogen) atoms. The maximum absolute atomic E-state index is 12.6. The molecule has 1 aliphatic carbocycles. The van der Waals surface area contributed by atoms with Crippen LogP contribution in [0.2, 0.25) is 5.02 Å². The van der Waals surface area contributed by atoms with Gasteiger partial charge in [0.25, 0.3) is 0 Å². The van der Waals surface area contributed by atoms with Gasteiger partial charge in [0.15, 0.2) is 0 Å². The van der Waals surface area contributed by atoms with E-state index in [0.717, 1.165) is 36.6 Å². The van der Waals surface area contributed by atoms with Crippen molar-refractivity contribution in [3.05, 3.63) is 29.3 Å². The smallest absolute Gasteiger partial charge is 0.242 e. The van der Waals surface area contributed by atoms with Crippen molar-refractivity contribution in [3.8, 4) is 0 Å². The molecule has 5 heteroatoms. The van der Waals surface area contributed by atoms with Gasteiger partial charge in [-0.2, -0.15) is 0 Å². The van der Waals surface area contributed by atoms with Crippen molar-refractivity contribution in [2.24, 2.45) is 11.7 Å². The second kappa shape index (κ2) is 5.50. The van der Waals surface area contributed by atoms with E-state index in [-0.39, 0.29) is 5.91 Å². The summed E-state index contributed by atoms with van der Waals surface area (Å²) in [5.41, 5.74) is 6.60. The van der Waals surface area contributed by atoms with Gasteiger partial charge in [-0.15, -0.1) is 0 Å². The summed E-state index contributed by atoms with van der Waals surface area (Å²) in [5, 5.41) is 0.763. The van der Waals surface area contributed by atoms with E-state index in [9.17, 15) is 4.79 Å². The number of nitrogens with two attached hydrogens (primary N) is 1. The summed E-state index contributed by atoms with van der Waals surface area (Å²) in [6, 6.07) is 7.85. The highest BCUT2D eigenvalue weighted by Gasteiger charge is 2.46. The molecule has 1 unspecified atom stereocenters. The Kier molecular flexibility index (Phi) is 3.84. The van der Waals surface area contributed by atoms with Crippen LogP contribution in [-0.2, 0) is 4.79 Å². The molecule has 1 atom stereocenters. The van der Waals surface area contributed by atoms with Crippen molar-refractivity contribution in [2.45, 2.75) is 25.3 Å². The lowest BCUT2D eigenvalue weighted by Crippen LogP contribution is -2.59. The van der Waals surface area contributed by atoms with E-state index < -0.39 is 5.54 Å². The minimum atomic E-state index is -0.688. The molecule has 2 N–H and O–H groups in total. The number of anilines is 1. The number of carbonyl (C=O) groups is 1. The van der Waals surface area contributed by atoms with Gasteiger partial charge in [0.05, 0.1) is 16.2 Å². The highest BCUT2D eigenvalue weighted by atomic mass is 35.5. The van der Waals surface area contributed by atoms with Crippen molar-refractivity contribution in [1.29, 1.82) is 0 Å².